The van der Waals surface area contributed by atoms with Crippen LogP contribution in [0, 0.1) is 21.3 Å². The van der Waals surface area contributed by atoms with Crippen LogP contribution in [0.1, 0.15) is 66.5 Å². The van der Waals surface area contributed by atoms with E-state index < -0.39 is 0 Å². The van der Waals surface area contributed by atoms with Crippen LogP contribution in [0.5, 0.6) is 0 Å². The third-order valence-electron chi connectivity index (χ3n) is 8.82. The summed E-state index contributed by atoms with van der Waals surface area (Å²) in [7, 11) is 0. The van der Waals surface area contributed by atoms with Crippen LogP contribution in [-0.2, 0) is 17.1 Å². The van der Waals surface area contributed by atoms with E-state index in [1.54, 1.807) is 0 Å². The molecule has 0 saturated carbocycles. The molecule has 0 aliphatic carbocycles. The molecule has 8 bridgehead atoms. The number of nitrogens with one attached hydrogen (secondary N) is 1. The van der Waals surface area contributed by atoms with Crippen LogP contribution in [0.2, 0.25) is 0 Å². The van der Waals surface area contributed by atoms with Crippen LogP contribution in [0.3, 0.4) is 0 Å². The van der Waals surface area contributed by atoms with E-state index in [9.17, 15) is 0 Å². The Morgan fingerprint density at radius 3 is 0.966 bits per heavy atom. The standard InChI is InChI=1S/C32H17N8.C8H10.4C2H6.CH3.Cu/c1-2-10-18-17(9-1)25-33-26(18)38-28-21-13-5-6-14-22(21)30(35-28)40-32-24-16-8-7-15-23(24)31(36-32)39-29-20-12-4-3-11-19(20)27(34-29)37-25;1-7-5-3-4-6-8(7)2;4*1-2;;/h1-16H,(H-,33,34,35,36,37,38,39,40);3-6H,1-2H3;4*1-2H3;1H3;/q-1;;;;;;-1;+2. The first kappa shape index (κ1) is 46.4. The second kappa shape index (κ2) is 22.1. The van der Waals surface area contributed by atoms with Crippen molar-refractivity contribution >= 4 is 44.1 Å². The first-order valence-corrected chi connectivity index (χ1v) is 19.8. The summed E-state index contributed by atoms with van der Waals surface area (Å²) in [5.41, 5.74) is 8.85. The number of fused-ring (bicyclic) bond motifs is 20. The van der Waals surface area contributed by atoms with Gasteiger partial charge in [-0.2, -0.15) is 0 Å². The molecule has 9 heteroatoms. The van der Waals surface area contributed by atoms with E-state index >= 15 is 0 Å². The molecule has 301 valence electrons. The Kier molecular flexibility index (Phi) is 17.6. The second-order valence-corrected chi connectivity index (χ2v) is 11.8. The van der Waals surface area contributed by atoms with Gasteiger partial charge in [0, 0.05) is 44.3 Å². The minimum Gasteiger partial charge on any atom is -0.358 e. The van der Waals surface area contributed by atoms with Crippen LogP contribution in [0.4, 0.5) is 0 Å². The largest absolute Gasteiger partial charge is 2.00 e. The molecule has 0 unspecified atom stereocenters. The monoisotopic (exact) mass is 817 g/mol. The Bertz CT molecular complexity index is 2390. The Morgan fingerprint density at radius 2 is 0.638 bits per heavy atom. The summed E-state index contributed by atoms with van der Waals surface area (Å²) in [6, 6.07) is 40.4. The number of aromatic nitrogens is 8. The van der Waals surface area contributed by atoms with Gasteiger partial charge in [-0.25, -0.2) is 19.9 Å². The molecule has 2 aliphatic heterocycles. The number of rotatable bonds is 0. The van der Waals surface area contributed by atoms with Gasteiger partial charge in [-0.15, -0.1) is 0 Å². The number of aryl methyl sites for hydroxylation is 2. The number of nitrogens with zero attached hydrogens (tertiary/aromatic N) is 7. The third kappa shape index (κ3) is 9.39. The fourth-order valence-corrected chi connectivity index (χ4v) is 6.19. The number of benzene rings is 5. The van der Waals surface area contributed by atoms with E-state index in [1.165, 1.54) is 11.1 Å². The number of hydrogen-bond donors (Lipinski definition) is 1. The van der Waals surface area contributed by atoms with Gasteiger partial charge in [-0.3, -0.25) is 0 Å². The topological polar surface area (TPSA) is 107 Å². The van der Waals surface area contributed by atoms with Crippen LogP contribution >= 0.6 is 0 Å². The zero-order valence-electron chi connectivity index (χ0n) is 35.5. The first-order valence-electron chi connectivity index (χ1n) is 19.8. The SMILES string of the molecule is CC.CC.CC.CC.Cc1ccccc1C.[CH3-].[Cu+2].c1ccc2c(c1)-c1nc-2nc2[nH]c(nc3nc(nc4[n-]c(n1)c1ccccc41)-c1ccccc1-3)c1ccccc21. The molecule has 0 atom stereocenters. The average molecular weight is 819 g/mol. The molecule has 0 saturated heterocycles. The van der Waals surface area contributed by atoms with Crippen LogP contribution in [0.15, 0.2) is 121 Å². The van der Waals surface area contributed by atoms with Gasteiger partial charge < -0.3 is 27.4 Å². The normalized spacial score (nSPS) is 9.97. The predicted octanol–water partition coefficient (Wildman–Crippen LogP) is 13.4. The first-order chi connectivity index (χ1) is 27.6. The van der Waals surface area contributed by atoms with Crippen molar-refractivity contribution < 1.29 is 17.1 Å². The summed E-state index contributed by atoms with van der Waals surface area (Å²) in [6.07, 6.45) is 0. The smallest absolute Gasteiger partial charge is 0.358 e. The molecular weight excluding hydrogens is 764 g/mol. The van der Waals surface area contributed by atoms with Gasteiger partial charge >= 0.3 is 17.1 Å². The van der Waals surface area contributed by atoms with Gasteiger partial charge in [0.15, 0.2) is 11.6 Å². The summed E-state index contributed by atoms with van der Waals surface area (Å²) in [5, 5.41) is 3.70. The van der Waals surface area contributed by atoms with Gasteiger partial charge in [0.05, 0.1) is 11.6 Å². The quantitative estimate of drug-likeness (QED) is 0.120. The zero-order valence-corrected chi connectivity index (χ0v) is 36.4. The van der Waals surface area contributed by atoms with Crippen molar-refractivity contribution in [2.24, 2.45) is 0 Å². The number of aromatic amines is 1. The average Bonchev–Trinajstić information content (AvgIpc) is 4.01. The van der Waals surface area contributed by atoms with Crippen molar-refractivity contribution in [3.8, 4) is 45.6 Å². The van der Waals surface area contributed by atoms with Gasteiger partial charge in [0.2, 0.25) is 0 Å². The van der Waals surface area contributed by atoms with Gasteiger partial charge in [-0.05, 0) is 35.7 Å². The maximum atomic E-state index is 5.00. The maximum Gasteiger partial charge on any atom is 2.00 e. The second-order valence-electron chi connectivity index (χ2n) is 11.8. The van der Waals surface area contributed by atoms with Gasteiger partial charge in [-0.1, -0.05) is 177 Å². The predicted molar refractivity (Wildman–Crippen MR) is 243 cm³/mol. The Hall–Kier alpha value is -6.02. The molecule has 3 aromatic heterocycles. The maximum absolute atomic E-state index is 5.00. The third-order valence-corrected chi connectivity index (χ3v) is 8.82. The zero-order chi connectivity index (χ0) is 40.2. The molecule has 0 amide bonds. The van der Waals surface area contributed by atoms with E-state index in [1.807, 2.05) is 152 Å². The van der Waals surface area contributed by atoms with Crippen molar-refractivity contribution in [1.82, 2.24) is 39.9 Å². The van der Waals surface area contributed by atoms with E-state index in [0.29, 0.717) is 45.9 Å². The summed E-state index contributed by atoms with van der Waals surface area (Å²) >= 11 is 0. The molecule has 8 nitrogen and oxygen atoms in total. The molecule has 1 N–H and O–H groups in total. The van der Waals surface area contributed by atoms with Crippen molar-refractivity contribution in [3.05, 3.63) is 140 Å². The number of H-pyrrole nitrogens is 1. The van der Waals surface area contributed by atoms with Gasteiger partial charge in [0.1, 0.15) is 11.3 Å². The molecule has 5 heterocycles. The van der Waals surface area contributed by atoms with Crippen LogP contribution in [0.25, 0.3) is 89.7 Å². The molecule has 0 spiro atoms. The van der Waals surface area contributed by atoms with Gasteiger partial charge in [0.25, 0.3) is 0 Å². The van der Waals surface area contributed by atoms with Crippen molar-refractivity contribution in [2.45, 2.75) is 69.2 Å². The summed E-state index contributed by atoms with van der Waals surface area (Å²) < 4.78 is 0. The molecule has 0 fully saturated rings. The Morgan fingerprint density at radius 1 is 0.362 bits per heavy atom. The molecular formula is C49H54CuN8. The summed E-state index contributed by atoms with van der Waals surface area (Å²) in [6.45, 7) is 20.2. The van der Waals surface area contributed by atoms with Crippen LogP contribution in [-0.4, -0.2) is 34.9 Å². The fraction of sp³-hybridized carbons (Fsp3) is 0.204. The van der Waals surface area contributed by atoms with E-state index in [0.717, 1.165) is 43.8 Å². The summed E-state index contributed by atoms with van der Waals surface area (Å²) in [4.78, 5) is 38.0. The van der Waals surface area contributed by atoms with Crippen LogP contribution < -0.4 is 4.98 Å². The summed E-state index contributed by atoms with van der Waals surface area (Å²) in [5.74, 6) is 2.30. The van der Waals surface area contributed by atoms with E-state index in [2.05, 4.69) is 43.1 Å². The fourth-order valence-electron chi connectivity index (χ4n) is 6.19. The molecule has 2 aliphatic rings. The van der Waals surface area contributed by atoms with E-state index in [-0.39, 0.29) is 24.5 Å². The minimum atomic E-state index is 0. The van der Waals surface area contributed by atoms with Crippen molar-refractivity contribution in [1.29, 1.82) is 0 Å². The Balaban J connectivity index is 0.000000435. The molecule has 1 radical (unpaired) electrons. The minimum absolute atomic E-state index is 0. The molecule has 58 heavy (non-hydrogen) atoms. The van der Waals surface area contributed by atoms with E-state index in [4.69, 9.17) is 34.9 Å². The Labute approximate surface area is 354 Å². The number of hydrogen-bond acceptors (Lipinski definition) is 6. The molecule has 5 aromatic carbocycles. The molecule has 8 aromatic rings. The van der Waals surface area contributed by atoms with Crippen molar-refractivity contribution in [2.75, 3.05) is 0 Å². The van der Waals surface area contributed by atoms with Crippen molar-refractivity contribution in [3.63, 3.8) is 0 Å². The molecule has 10 rings (SSSR count).